The largest absolute Gasteiger partial charge is 0.462 e. The van der Waals surface area contributed by atoms with E-state index in [9.17, 15) is 4.79 Å². The van der Waals surface area contributed by atoms with Crippen LogP contribution in [0.3, 0.4) is 0 Å². The van der Waals surface area contributed by atoms with Crippen molar-refractivity contribution >= 4 is 5.97 Å². The first-order valence-electron chi connectivity index (χ1n) is 8.40. The van der Waals surface area contributed by atoms with Crippen molar-refractivity contribution in [1.82, 2.24) is 9.80 Å². The summed E-state index contributed by atoms with van der Waals surface area (Å²) in [5, 5.41) is 0. The number of carbonyl (C=O) groups is 1. The number of hydrogen-bond acceptors (Lipinski definition) is 5. The van der Waals surface area contributed by atoms with E-state index in [1.165, 1.54) is 5.56 Å². The Kier molecular flexibility index (Phi) is 3.67. The average molecular weight is 316 g/mol. The van der Waals surface area contributed by atoms with Crippen molar-refractivity contribution in [1.29, 1.82) is 0 Å². The minimum atomic E-state index is -0.200. The average Bonchev–Trinajstić information content (AvgIpc) is 2.53. The molecule has 0 aliphatic carbocycles. The normalized spacial score (nSPS) is 32.1. The Bertz CT molecular complexity index is 633. The fraction of sp³-hybridized carbons (Fsp3) is 0.611. The van der Waals surface area contributed by atoms with E-state index in [1.54, 1.807) is 0 Å². The first kappa shape index (κ1) is 15.1. The molecular formula is C18H24N2O3. The summed E-state index contributed by atoms with van der Waals surface area (Å²) in [5.41, 5.74) is 3.09. The molecule has 2 atom stereocenters. The second-order valence-corrected chi connectivity index (χ2v) is 7.28. The van der Waals surface area contributed by atoms with Crippen LogP contribution in [0, 0.1) is 0 Å². The van der Waals surface area contributed by atoms with Gasteiger partial charge < -0.3 is 14.4 Å². The zero-order valence-electron chi connectivity index (χ0n) is 13.9. The number of morpholine rings is 1. The highest BCUT2D eigenvalue weighted by Crippen LogP contribution is 2.33. The topological polar surface area (TPSA) is 42.0 Å². The second-order valence-electron chi connectivity index (χ2n) is 7.28. The van der Waals surface area contributed by atoms with Crippen LogP contribution in [0.2, 0.25) is 0 Å². The molecule has 2 fully saturated rings. The summed E-state index contributed by atoms with van der Waals surface area (Å²) >= 11 is 0. The van der Waals surface area contributed by atoms with Crippen LogP contribution in [0.4, 0.5) is 0 Å². The van der Waals surface area contributed by atoms with Gasteiger partial charge in [-0.15, -0.1) is 0 Å². The molecule has 0 spiro atoms. The molecule has 3 heterocycles. The van der Waals surface area contributed by atoms with Crippen LogP contribution in [0.1, 0.15) is 34.5 Å². The standard InChI is InChI=1S/C18H24N2O3/c1-18-11-19(2)6-7-20(18)10-16(23-12-18)14-3-4-15-13(9-14)5-8-22-17(15)21/h3-4,9,16H,5-8,10-12H2,1-2H3. The van der Waals surface area contributed by atoms with Crippen molar-refractivity contribution in [2.24, 2.45) is 0 Å². The van der Waals surface area contributed by atoms with Crippen LogP contribution in [0.25, 0.3) is 0 Å². The Morgan fingerprint density at radius 1 is 1.30 bits per heavy atom. The monoisotopic (exact) mass is 316 g/mol. The molecule has 1 aromatic carbocycles. The Morgan fingerprint density at radius 2 is 2.17 bits per heavy atom. The number of esters is 1. The number of benzene rings is 1. The van der Waals surface area contributed by atoms with E-state index >= 15 is 0 Å². The zero-order chi connectivity index (χ0) is 16.0. The molecule has 2 saturated heterocycles. The Hall–Kier alpha value is -1.43. The molecule has 0 radical (unpaired) electrons. The van der Waals surface area contributed by atoms with E-state index in [1.807, 2.05) is 12.1 Å². The van der Waals surface area contributed by atoms with Gasteiger partial charge in [0.2, 0.25) is 0 Å². The first-order valence-corrected chi connectivity index (χ1v) is 8.40. The number of nitrogens with zero attached hydrogens (tertiary/aromatic N) is 2. The third-order valence-corrected chi connectivity index (χ3v) is 5.43. The van der Waals surface area contributed by atoms with Gasteiger partial charge in [-0.25, -0.2) is 4.79 Å². The number of fused-ring (bicyclic) bond motifs is 2. The molecule has 3 aliphatic rings. The summed E-state index contributed by atoms with van der Waals surface area (Å²) in [6.45, 7) is 7.70. The highest BCUT2D eigenvalue weighted by atomic mass is 16.5. The van der Waals surface area contributed by atoms with Gasteiger partial charge in [0.25, 0.3) is 0 Å². The first-order chi connectivity index (χ1) is 11.0. The van der Waals surface area contributed by atoms with Crippen LogP contribution >= 0.6 is 0 Å². The maximum atomic E-state index is 11.8. The van der Waals surface area contributed by atoms with Crippen molar-refractivity contribution in [2.75, 3.05) is 46.4 Å². The van der Waals surface area contributed by atoms with Gasteiger partial charge in [-0.05, 0) is 31.2 Å². The Balaban J connectivity index is 1.55. The number of rotatable bonds is 1. The van der Waals surface area contributed by atoms with Crippen molar-refractivity contribution < 1.29 is 14.3 Å². The van der Waals surface area contributed by atoms with Crippen LogP contribution in [-0.2, 0) is 15.9 Å². The summed E-state index contributed by atoms with van der Waals surface area (Å²) in [7, 11) is 2.18. The number of ether oxygens (including phenoxy) is 2. The smallest absolute Gasteiger partial charge is 0.338 e. The molecule has 23 heavy (non-hydrogen) atoms. The number of hydrogen-bond donors (Lipinski definition) is 0. The predicted octanol–water partition coefficient (Wildman–Crippen LogP) is 1.48. The van der Waals surface area contributed by atoms with Gasteiger partial charge in [0.05, 0.1) is 30.4 Å². The molecule has 0 bridgehead atoms. The molecule has 124 valence electrons. The van der Waals surface area contributed by atoms with E-state index in [4.69, 9.17) is 9.47 Å². The minimum Gasteiger partial charge on any atom is -0.462 e. The second kappa shape index (κ2) is 5.58. The summed E-state index contributed by atoms with van der Waals surface area (Å²) in [6.07, 6.45) is 0.892. The van der Waals surface area contributed by atoms with E-state index in [2.05, 4.69) is 29.8 Å². The van der Waals surface area contributed by atoms with Crippen molar-refractivity contribution in [3.8, 4) is 0 Å². The van der Waals surface area contributed by atoms with Gasteiger partial charge in [-0.3, -0.25) is 4.90 Å². The summed E-state index contributed by atoms with van der Waals surface area (Å²) in [4.78, 5) is 16.7. The van der Waals surface area contributed by atoms with Crippen LogP contribution in [0.5, 0.6) is 0 Å². The quantitative estimate of drug-likeness (QED) is 0.734. The van der Waals surface area contributed by atoms with Gasteiger partial charge in [0.15, 0.2) is 0 Å². The number of cyclic esters (lactones) is 1. The van der Waals surface area contributed by atoms with Crippen molar-refractivity contribution in [3.05, 3.63) is 34.9 Å². The minimum absolute atomic E-state index is 0.0923. The van der Waals surface area contributed by atoms with Crippen LogP contribution in [-0.4, -0.2) is 67.7 Å². The number of piperazine rings is 1. The van der Waals surface area contributed by atoms with E-state index in [-0.39, 0.29) is 17.6 Å². The van der Waals surface area contributed by atoms with Crippen LogP contribution in [0.15, 0.2) is 18.2 Å². The van der Waals surface area contributed by atoms with Crippen molar-refractivity contribution in [3.63, 3.8) is 0 Å². The lowest BCUT2D eigenvalue weighted by Gasteiger charge is -2.52. The third-order valence-electron chi connectivity index (χ3n) is 5.43. The Morgan fingerprint density at radius 3 is 3.04 bits per heavy atom. The molecule has 5 heteroatoms. The number of likely N-dealkylation sites (N-methyl/N-ethyl adjacent to an activating group) is 1. The molecule has 5 nitrogen and oxygen atoms in total. The molecule has 3 aliphatic heterocycles. The maximum absolute atomic E-state index is 11.8. The fourth-order valence-corrected chi connectivity index (χ4v) is 4.06. The maximum Gasteiger partial charge on any atom is 0.338 e. The summed E-state index contributed by atoms with van der Waals surface area (Å²) in [6, 6.07) is 6.06. The Labute approximate surface area is 137 Å². The summed E-state index contributed by atoms with van der Waals surface area (Å²) in [5.74, 6) is -0.200. The number of carbonyl (C=O) groups excluding carboxylic acids is 1. The molecule has 1 aromatic rings. The van der Waals surface area contributed by atoms with Crippen molar-refractivity contribution in [2.45, 2.75) is 25.0 Å². The predicted molar refractivity (Wildman–Crippen MR) is 86.6 cm³/mol. The van der Waals surface area contributed by atoms with Gasteiger partial charge in [-0.1, -0.05) is 12.1 Å². The SMILES string of the molecule is CN1CCN2CC(c3ccc4c(c3)CCOC4=O)OCC2(C)C1. The van der Waals surface area contributed by atoms with Gasteiger partial charge in [-0.2, -0.15) is 0 Å². The lowest BCUT2D eigenvalue weighted by atomic mass is 9.92. The summed E-state index contributed by atoms with van der Waals surface area (Å²) < 4.78 is 11.3. The van der Waals surface area contributed by atoms with Crippen LogP contribution < -0.4 is 0 Å². The van der Waals surface area contributed by atoms with E-state index < -0.39 is 0 Å². The molecule has 0 aromatic heterocycles. The highest BCUT2D eigenvalue weighted by molar-refractivity contribution is 5.92. The highest BCUT2D eigenvalue weighted by Gasteiger charge is 2.42. The molecule has 0 N–H and O–H groups in total. The van der Waals surface area contributed by atoms with Gasteiger partial charge in [0, 0.05) is 32.6 Å². The lowest BCUT2D eigenvalue weighted by Crippen LogP contribution is -2.65. The fourth-order valence-electron chi connectivity index (χ4n) is 4.06. The van der Waals surface area contributed by atoms with Gasteiger partial charge in [0.1, 0.15) is 0 Å². The molecule has 0 amide bonds. The third kappa shape index (κ3) is 2.67. The van der Waals surface area contributed by atoms with Gasteiger partial charge >= 0.3 is 5.97 Å². The molecular weight excluding hydrogens is 292 g/mol. The molecule has 0 saturated carbocycles. The van der Waals surface area contributed by atoms with E-state index in [0.29, 0.717) is 12.2 Å². The zero-order valence-corrected chi connectivity index (χ0v) is 13.9. The van der Waals surface area contributed by atoms with E-state index in [0.717, 1.165) is 44.8 Å². The molecule has 4 rings (SSSR count). The molecule has 2 unspecified atom stereocenters. The lowest BCUT2D eigenvalue weighted by molar-refractivity contribution is -0.132.